The van der Waals surface area contributed by atoms with E-state index in [0.717, 1.165) is 10.4 Å². The van der Waals surface area contributed by atoms with Crippen molar-refractivity contribution in [2.45, 2.75) is 10.8 Å². The van der Waals surface area contributed by atoms with Gasteiger partial charge in [0, 0.05) is 19.0 Å². The second kappa shape index (κ2) is 5.59. The molecule has 9 heteroatoms. The molecule has 0 radical (unpaired) electrons. The van der Waals surface area contributed by atoms with Gasteiger partial charge in [-0.2, -0.15) is 4.31 Å². The zero-order chi connectivity index (χ0) is 15.0. The lowest BCUT2D eigenvalue weighted by Crippen LogP contribution is -2.43. The molecule has 112 valence electrons. The van der Waals surface area contributed by atoms with Crippen LogP contribution in [0.1, 0.15) is 5.56 Å². The zero-order valence-corrected chi connectivity index (χ0v) is 12.8. The first-order chi connectivity index (χ1) is 9.26. The van der Waals surface area contributed by atoms with Crippen LogP contribution < -0.4 is 0 Å². The minimum atomic E-state index is -4.04. The smallest absolute Gasteiger partial charge is 0.229 e. The molecule has 0 unspecified atom stereocenters. The Balaban J connectivity index is 2.36. The van der Waals surface area contributed by atoms with Crippen molar-refractivity contribution in [2.75, 3.05) is 24.6 Å². The number of hydrogen-bond acceptors (Lipinski definition) is 4. The maximum absolute atomic E-state index is 13.7. The lowest BCUT2D eigenvalue weighted by atomic mass is 10.2. The lowest BCUT2D eigenvalue weighted by Gasteiger charge is -2.26. The summed E-state index contributed by atoms with van der Waals surface area (Å²) in [6, 6.07) is 3.63. The third-order valence-corrected chi connectivity index (χ3v) is 6.90. The van der Waals surface area contributed by atoms with E-state index in [1.165, 1.54) is 12.1 Å². The molecular formula is C11H13ClFNO4S2. The molecule has 1 heterocycles. The van der Waals surface area contributed by atoms with Crippen LogP contribution in [0, 0.1) is 5.82 Å². The Bertz CT molecular complexity index is 704. The molecular weight excluding hydrogens is 329 g/mol. The van der Waals surface area contributed by atoms with Gasteiger partial charge >= 0.3 is 0 Å². The monoisotopic (exact) mass is 341 g/mol. The van der Waals surface area contributed by atoms with E-state index in [1.807, 2.05) is 0 Å². The fourth-order valence-electron chi connectivity index (χ4n) is 1.90. The first-order valence-electron chi connectivity index (χ1n) is 5.81. The van der Waals surface area contributed by atoms with Crippen molar-refractivity contribution in [3.8, 4) is 0 Å². The van der Waals surface area contributed by atoms with E-state index >= 15 is 0 Å². The molecule has 1 saturated heterocycles. The van der Waals surface area contributed by atoms with Gasteiger partial charge in [0.1, 0.15) is 10.7 Å². The normalized spacial score (nSPS) is 19.9. The van der Waals surface area contributed by atoms with Gasteiger partial charge in [-0.3, -0.25) is 0 Å². The predicted molar refractivity (Wildman–Crippen MR) is 73.4 cm³/mol. The molecule has 1 aromatic carbocycles. The fourth-order valence-corrected chi connectivity index (χ4v) is 5.06. The van der Waals surface area contributed by atoms with Crippen LogP contribution in [-0.4, -0.2) is 45.7 Å². The summed E-state index contributed by atoms with van der Waals surface area (Å²) in [6.45, 7) is -0.315. The second-order valence-corrected chi connectivity index (χ2v) is 8.93. The first-order valence-corrected chi connectivity index (χ1v) is 9.61. The van der Waals surface area contributed by atoms with Crippen LogP contribution >= 0.6 is 11.6 Å². The number of nitrogens with zero attached hydrogens (tertiary/aromatic N) is 1. The van der Waals surface area contributed by atoms with Gasteiger partial charge in [0.15, 0.2) is 9.84 Å². The van der Waals surface area contributed by atoms with E-state index in [4.69, 9.17) is 11.6 Å². The average Bonchev–Trinajstić information content (AvgIpc) is 2.38. The summed E-state index contributed by atoms with van der Waals surface area (Å²) in [6.07, 6.45) is 0. The minimum absolute atomic E-state index is 0.0666. The number of halogens is 2. The lowest BCUT2D eigenvalue weighted by molar-refractivity contribution is 0.426. The van der Waals surface area contributed by atoms with Gasteiger partial charge in [0.2, 0.25) is 10.0 Å². The van der Waals surface area contributed by atoms with Gasteiger partial charge < -0.3 is 0 Å². The van der Waals surface area contributed by atoms with Crippen LogP contribution in [0.5, 0.6) is 0 Å². The molecule has 0 aliphatic carbocycles. The number of sulfonamides is 1. The minimum Gasteiger partial charge on any atom is -0.229 e. The summed E-state index contributed by atoms with van der Waals surface area (Å²) < 4.78 is 62.0. The van der Waals surface area contributed by atoms with Crippen molar-refractivity contribution in [3.05, 3.63) is 29.6 Å². The molecule has 0 amide bonds. The Morgan fingerprint density at radius 1 is 1.25 bits per heavy atom. The van der Waals surface area contributed by atoms with Gasteiger partial charge in [0.05, 0.1) is 11.5 Å². The molecule has 5 nitrogen and oxygen atoms in total. The van der Waals surface area contributed by atoms with Crippen LogP contribution in [0.4, 0.5) is 4.39 Å². The maximum Gasteiger partial charge on any atom is 0.246 e. The van der Waals surface area contributed by atoms with Gasteiger partial charge in [-0.1, -0.05) is 6.07 Å². The summed E-state index contributed by atoms with van der Waals surface area (Å²) in [7, 11) is -7.24. The Morgan fingerprint density at radius 2 is 1.85 bits per heavy atom. The first kappa shape index (κ1) is 15.7. The molecule has 0 saturated carbocycles. The van der Waals surface area contributed by atoms with Crippen molar-refractivity contribution < 1.29 is 21.2 Å². The van der Waals surface area contributed by atoms with E-state index in [9.17, 15) is 21.2 Å². The molecule has 1 aliphatic heterocycles. The summed E-state index contributed by atoms with van der Waals surface area (Å²) >= 11 is 5.61. The van der Waals surface area contributed by atoms with Crippen molar-refractivity contribution in [1.29, 1.82) is 0 Å². The van der Waals surface area contributed by atoms with Crippen LogP contribution in [0.25, 0.3) is 0 Å². The Labute approximate surface area is 122 Å². The zero-order valence-electron chi connectivity index (χ0n) is 10.4. The topological polar surface area (TPSA) is 71.5 Å². The van der Waals surface area contributed by atoms with Crippen molar-refractivity contribution in [3.63, 3.8) is 0 Å². The Morgan fingerprint density at radius 3 is 2.40 bits per heavy atom. The van der Waals surface area contributed by atoms with Crippen LogP contribution in [0.3, 0.4) is 0 Å². The van der Waals surface area contributed by atoms with E-state index in [1.54, 1.807) is 0 Å². The fraction of sp³-hybridized carbons (Fsp3) is 0.455. The molecule has 0 atom stereocenters. The third kappa shape index (κ3) is 3.13. The number of hydrogen-bond donors (Lipinski definition) is 0. The number of alkyl halides is 1. The highest BCUT2D eigenvalue weighted by atomic mass is 35.5. The highest BCUT2D eigenvalue weighted by molar-refractivity contribution is 7.92. The van der Waals surface area contributed by atoms with Gasteiger partial charge in [-0.05, 0) is 17.7 Å². The Hall–Kier alpha value is -0.700. The molecule has 20 heavy (non-hydrogen) atoms. The van der Waals surface area contributed by atoms with Crippen LogP contribution in [0.15, 0.2) is 23.1 Å². The van der Waals surface area contributed by atoms with Crippen LogP contribution in [-0.2, 0) is 25.7 Å². The van der Waals surface area contributed by atoms with Gasteiger partial charge in [0.25, 0.3) is 0 Å². The molecule has 1 aromatic rings. The number of benzene rings is 1. The second-order valence-electron chi connectivity index (χ2n) is 4.45. The summed E-state index contributed by atoms with van der Waals surface area (Å²) in [4.78, 5) is -0.463. The number of rotatable bonds is 3. The number of sulfone groups is 1. The summed E-state index contributed by atoms with van der Waals surface area (Å²) in [5.41, 5.74) is 0.483. The molecule has 0 N–H and O–H groups in total. The highest BCUT2D eigenvalue weighted by Gasteiger charge is 2.32. The molecule has 0 aromatic heterocycles. The molecule has 2 rings (SSSR count). The van der Waals surface area contributed by atoms with Crippen molar-refractivity contribution in [2.24, 2.45) is 0 Å². The standard InChI is InChI=1S/C11H13ClFNO4S2/c12-8-9-1-2-10(13)11(7-9)20(17,18)14-3-5-19(15,16)6-4-14/h1-2,7H,3-6,8H2. The third-order valence-electron chi connectivity index (χ3n) is 3.07. The SMILES string of the molecule is O=S1(=O)CCN(S(=O)(=O)c2cc(CCl)ccc2F)CC1. The van der Waals surface area contributed by atoms with Crippen LogP contribution in [0.2, 0.25) is 0 Å². The maximum atomic E-state index is 13.7. The summed E-state index contributed by atoms with van der Waals surface area (Å²) in [5.74, 6) is -1.30. The van der Waals surface area contributed by atoms with Crippen molar-refractivity contribution >= 4 is 31.5 Å². The van der Waals surface area contributed by atoms with Gasteiger partial charge in [-0.25, -0.2) is 21.2 Å². The van der Waals surface area contributed by atoms with E-state index in [2.05, 4.69) is 0 Å². The van der Waals surface area contributed by atoms with Crippen molar-refractivity contribution in [1.82, 2.24) is 4.31 Å². The quantitative estimate of drug-likeness (QED) is 0.768. The van der Waals surface area contributed by atoms with E-state index in [-0.39, 0.29) is 30.5 Å². The van der Waals surface area contributed by atoms with E-state index in [0.29, 0.717) is 5.56 Å². The molecule has 1 aliphatic rings. The van der Waals surface area contributed by atoms with Gasteiger partial charge in [-0.15, -0.1) is 11.6 Å². The largest absolute Gasteiger partial charge is 0.246 e. The highest BCUT2D eigenvalue weighted by Crippen LogP contribution is 2.23. The Kier molecular flexibility index (Phi) is 4.38. The molecule has 0 spiro atoms. The molecule has 0 bridgehead atoms. The predicted octanol–water partition coefficient (Wildman–Crippen LogP) is 0.984. The average molecular weight is 342 g/mol. The van der Waals surface area contributed by atoms with E-state index < -0.39 is 30.6 Å². The molecule has 1 fully saturated rings. The summed E-state index contributed by atoms with van der Waals surface area (Å²) in [5, 5.41) is 0.